The molecule has 2 aromatic heterocycles. The standard InChI is InChI=1S/C17H19ClN2S/c1-10-6-5-7-15-16(10)19-17(12(3)18)20(15)9-14-8-11(2)13(4)21-14/h5-8,12H,9H2,1-4H3. The molecular weight excluding hydrogens is 300 g/mol. The monoisotopic (exact) mass is 318 g/mol. The van der Waals surface area contributed by atoms with Crippen LogP contribution in [0.2, 0.25) is 0 Å². The van der Waals surface area contributed by atoms with E-state index in [1.165, 1.54) is 26.4 Å². The van der Waals surface area contributed by atoms with Crippen molar-refractivity contribution in [1.82, 2.24) is 9.55 Å². The Labute approximate surface area is 134 Å². The van der Waals surface area contributed by atoms with Crippen LogP contribution in [0.1, 0.15) is 39.0 Å². The number of hydrogen-bond acceptors (Lipinski definition) is 2. The Balaban J connectivity index is 2.15. The van der Waals surface area contributed by atoms with E-state index >= 15 is 0 Å². The van der Waals surface area contributed by atoms with E-state index in [-0.39, 0.29) is 5.38 Å². The van der Waals surface area contributed by atoms with Crippen LogP contribution in [-0.2, 0) is 6.54 Å². The van der Waals surface area contributed by atoms with Gasteiger partial charge in [0.05, 0.1) is 23.0 Å². The van der Waals surface area contributed by atoms with Gasteiger partial charge in [-0.15, -0.1) is 22.9 Å². The van der Waals surface area contributed by atoms with E-state index in [1.807, 2.05) is 18.3 Å². The Morgan fingerprint density at radius 1 is 1.24 bits per heavy atom. The van der Waals surface area contributed by atoms with Crippen LogP contribution in [-0.4, -0.2) is 9.55 Å². The Morgan fingerprint density at radius 2 is 2.00 bits per heavy atom. The van der Waals surface area contributed by atoms with Crippen molar-refractivity contribution >= 4 is 34.0 Å². The molecule has 0 spiro atoms. The highest BCUT2D eigenvalue weighted by Crippen LogP contribution is 2.29. The lowest BCUT2D eigenvalue weighted by Gasteiger charge is -2.09. The second kappa shape index (κ2) is 5.47. The van der Waals surface area contributed by atoms with Gasteiger partial charge in [-0.25, -0.2) is 4.98 Å². The zero-order valence-electron chi connectivity index (χ0n) is 12.8. The Morgan fingerprint density at radius 3 is 2.62 bits per heavy atom. The first-order valence-electron chi connectivity index (χ1n) is 7.13. The number of alkyl halides is 1. The minimum Gasteiger partial charge on any atom is -0.321 e. The summed E-state index contributed by atoms with van der Waals surface area (Å²) < 4.78 is 2.25. The van der Waals surface area contributed by atoms with Crippen LogP contribution < -0.4 is 0 Å². The number of halogens is 1. The summed E-state index contributed by atoms with van der Waals surface area (Å²) in [6, 6.07) is 8.58. The van der Waals surface area contributed by atoms with Crippen molar-refractivity contribution in [2.75, 3.05) is 0 Å². The number of rotatable bonds is 3. The molecule has 1 unspecified atom stereocenters. The second-order valence-corrected chi connectivity index (χ2v) is 7.56. The van der Waals surface area contributed by atoms with E-state index in [9.17, 15) is 0 Å². The summed E-state index contributed by atoms with van der Waals surface area (Å²) in [7, 11) is 0. The SMILES string of the molecule is Cc1cc(Cn2c(C(C)Cl)nc3c(C)cccc32)sc1C. The fourth-order valence-corrected chi connectivity index (χ4v) is 3.87. The predicted octanol–water partition coefficient (Wildman–Crippen LogP) is 5.37. The van der Waals surface area contributed by atoms with Crippen molar-refractivity contribution in [2.45, 2.75) is 39.6 Å². The Kier molecular flexibility index (Phi) is 3.80. The van der Waals surface area contributed by atoms with E-state index in [2.05, 4.69) is 49.6 Å². The molecule has 0 saturated heterocycles. The summed E-state index contributed by atoms with van der Waals surface area (Å²) in [5.41, 5.74) is 4.78. The molecule has 3 aromatic rings. The maximum atomic E-state index is 6.35. The van der Waals surface area contributed by atoms with E-state index in [0.29, 0.717) is 0 Å². The quantitative estimate of drug-likeness (QED) is 0.593. The van der Waals surface area contributed by atoms with Gasteiger partial charge in [0.25, 0.3) is 0 Å². The smallest absolute Gasteiger partial charge is 0.128 e. The number of para-hydroxylation sites is 1. The topological polar surface area (TPSA) is 17.8 Å². The van der Waals surface area contributed by atoms with Crippen LogP contribution in [0.3, 0.4) is 0 Å². The fourth-order valence-electron chi connectivity index (χ4n) is 2.66. The molecule has 0 aliphatic heterocycles. The van der Waals surface area contributed by atoms with E-state index in [4.69, 9.17) is 16.6 Å². The molecular formula is C17H19ClN2S. The van der Waals surface area contributed by atoms with Crippen LogP contribution >= 0.6 is 22.9 Å². The Hall–Kier alpha value is -1.32. The molecule has 0 fully saturated rings. The molecule has 0 amide bonds. The summed E-state index contributed by atoms with van der Waals surface area (Å²) in [5, 5.41) is -0.0982. The summed E-state index contributed by atoms with van der Waals surface area (Å²) >= 11 is 8.21. The van der Waals surface area contributed by atoms with Gasteiger partial charge < -0.3 is 4.57 Å². The van der Waals surface area contributed by atoms with Gasteiger partial charge in [-0.3, -0.25) is 0 Å². The maximum absolute atomic E-state index is 6.35. The molecule has 2 heterocycles. The zero-order valence-corrected chi connectivity index (χ0v) is 14.3. The molecule has 3 rings (SSSR count). The van der Waals surface area contributed by atoms with E-state index in [1.54, 1.807) is 0 Å². The number of hydrogen-bond donors (Lipinski definition) is 0. The molecule has 0 N–H and O–H groups in total. The van der Waals surface area contributed by atoms with Gasteiger partial charge in [-0.1, -0.05) is 12.1 Å². The lowest BCUT2D eigenvalue weighted by molar-refractivity contribution is 0.750. The number of benzene rings is 1. The van der Waals surface area contributed by atoms with E-state index < -0.39 is 0 Å². The maximum Gasteiger partial charge on any atom is 0.128 e. The minimum atomic E-state index is -0.0982. The molecule has 1 aromatic carbocycles. The summed E-state index contributed by atoms with van der Waals surface area (Å²) in [4.78, 5) is 7.50. The molecule has 110 valence electrons. The molecule has 21 heavy (non-hydrogen) atoms. The number of aryl methyl sites for hydroxylation is 3. The third kappa shape index (κ3) is 2.60. The molecule has 2 nitrogen and oxygen atoms in total. The second-order valence-electron chi connectivity index (χ2n) is 5.57. The predicted molar refractivity (Wildman–Crippen MR) is 91.6 cm³/mol. The van der Waals surface area contributed by atoms with Crippen molar-refractivity contribution in [3.8, 4) is 0 Å². The highest BCUT2D eigenvalue weighted by Gasteiger charge is 2.17. The first-order chi connectivity index (χ1) is 9.97. The van der Waals surface area contributed by atoms with Gasteiger partial charge in [0.1, 0.15) is 5.82 Å². The largest absolute Gasteiger partial charge is 0.321 e. The molecule has 0 aliphatic rings. The molecule has 4 heteroatoms. The number of imidazole rings is 1. The lowest BCUT2D eigenvalue weighted by Crippen LogP contribution is -2.04. The number of thiophene rings is 1. The van der Waals surface area contributed by atoms with Gasteiger partial charge in [0.15, 0.2) is 0 Å². The average molecular weight is 319 g/mol. The third-order valence-electron chi connectivity index (χ3n) is 3.90. The first kappa shape index (κ1) is 14.6. The molecule has 1 atom stereocenters. The third-order valence-corrected chi connectivity index (χ3v) is 5.23. The first-order valence-corrected chi connectivity index (χ1v) is 8.38. The minimum absolute atomic E-state index is 0.0982. The molecule has 0 aliphatic carbocycles. The van der Waals surface area contributed by atoms with Gasteiger partial charge in [-0.05, 0) is 51.0 Å². The van der Waals surface area contributed by atoms with Crippen LogP contribution in [0.5, 0.6) is 0 Å². The summed E-state index contributed by atoms with van der Waals surface area (Å²) in [6.45, 7) is 9.26. The van der Waals surface area contributed by atoms with Crippen LogP contribution in [0.4, 0.5) is 0 Å². The van der Waals surface area contributed by atoms with E-state index in [0.717, 1.165) is 17.9 Å². The highest BCUT2D eigenvalue weighted by molar-refractivity contribution is 7.12. The summed E-state index contributed by atoms with van der Waals surface area (Å²) in [5.74, 6) is 0.949. The van der Waals surface area contributed by atoms with Gasteiger partial charge >= 0.3 is 0 Å². The normalized spacial score (nSPS) is 13.0. The average Bonchev–Trinajstić information content (AvgIpc) is 2.93. The van der Waals surface area contributed by atoms with Gasteiger partial charge in [-0.2, -0.15) is 0 Å². The number of nitrogens with zero attached hydrogens (tertiary/aromatic N) is 2. The van der Waals surface area contributed by atoms with Crippen LogP contribution in [0, 0.1) is 20.8 Å². The van der Waals surface area contributed by atoms with Gasteiger partial charge in [0.2, 0.25) is 0 Å². The van der Waals surface area contributed by atoms with Crippen LogP contribution in [0.25, 0.3) is 11.0 Å². The Bertz CT molecular complexity index is 779. The zero-order chi connectivity index (χ0) is 15.1. The molecule has 0 radical (unpaired) electrons. The van der Waals surface area contributed by atoms with Gasteiger partial charge in [0, 0.05) is 9.75 Å². The van der Waals surface area contributed by atoms with Crippen molar-refractivity contribution in [3.63, 3.8) is 0 Å². The van der Waals surface area contributed by atoms with Crippen LogP contribution in [0.15, 0.2) is 24.3 Å². The number of aromatic nitrogens is 2. The molecule has 0 saturated carbocycles. The lowest BCUT2D eigenvalue weighted by atomic mass is 10.2. The number of fused-ring (bicyclic) bond motifs is 1. The van der Waals surface area contributed by atoms with Crippen molar-refractivity contribution in [2.24, 2.45) is 0 Å². The summed E-state index contributed by atoms with van der Waals surface area (Å²) in [6.07, 6.45) is 0. The molecule has 0 bridgehead atoms. The highest BCUT2D eigenvalue weighted by atomic mass is 35.5. The van der Waals surface area contributed by atoms with Crippen molar-refractivity contribution < 1.29 is 0 Å². The van der Waals surface area contributed by atoms with Crippen molar-refractivity contribution in [1.29, 1.82) is 0 Å². The van der Waals surface area contributed by atoms with Crippen molar-refractivity contribution in [3.05, 3.63) is 51.0 Å². The fraction of sp³-hybridized carbons (Fsp3) is 0.353.